The molecule has 0 radical (unpaired) electrons. The van der Waals surface area contributed by atoms with E-state index in [-0.39, 0.29) is 5.06 Å². The monoisotopic (exact) mass is 132 g/mol. The van der Waals surface area contributed by atoms with Crippen LogP contribution in [0, 0.1) is 5.21 Å². The molecule has 1 heterocycles. The van der Waals surface area contributed by atoms with Crippen molar-refractivity contribution in [1.29, 1.82) is 0 Å². The number of morpholine rings is 1. The number of nitrogens with one attached hydrogen (secondary N) is 1. The first-order valence-corrected chi connectivity index (χ1v) is 3.05. The van der Waals surface area contributed by atoms with Crippen molar-refractivity contribution >= 4 is 0 Å². The standard InChI is InChI=1S/C5H12N2O2/c1-5(6)4-7(8)2-3-9-5/h7H,2-4,6H2,1H3. The molecule has 0 aliphatic carbocycles. The van der Waals surface area contributed by atoms with Gasteiger partial charge >= 0.3 is 0 Å². The highest BCUT2D eigenvalue weighted by molar-refractivity contribution is 4.66. The van der Waals surface area contributed by atoms with Gasteiger partial charge in [-0.2, -0.15) is 0 Å². The van der Waals surface area contributed by atoms with Crippen LogP contribution in [0.1, 0.15) is 6.92 Å². The van der Waals surface area contributed by atoms with Crippen LogP contribution in [0.4, 0.5) is 0 Å². The molecule has 4 nitrogen and oxygen atoms in total. The van der Waals surface area contributed by atoms with E-state index in [2.05, 4.69) is 0 Å². The predicted octanol–water partition coefficient (Wildman–Crippen LogP) is -1.93. The predicted molar refractivity (Wildman–Crippen MR) is 32.6 cm³/mol. The van der Waals surface area contributed by atoms with Gasteiger partial charge in [-0.25, -0.2) is 0 Å². The number of quaternary nitrogens is 1. The Bertz CT molecular complexity index is 105. The van der Waals surface area contributed by atoms with Gasteiger partial charge in [0.05, 0.1) is 6.61 Å². The first-order chi connectivity index (χ1) is 4.10. The molecule has 1 aliphatic rings. The van der Waals surface area contributed by atoms with Crippen LogP contribution >= 0.6 is 0 Å². The highest BCUT2D eigenvalue weighted by Crippen LogP contribution is 1.99. The Kier molecular flexibility index (Phi) is 1.72. The molecular formula is C5H12N2O2. The summed E-state index contributed by atoms with van der Waals surface area (Å²) in [6.45, 7) is 3.08. The fourth-order valence-corrected chi connectivity index (χ4v) is 0.929. The van der Waals surface area contributed by atoms with Crippen molar-refractivity contribution in [2.24, 2.45) is 5.73 Å². The average molecular weight is 132 g/mol. The summed E-state index contributed by atoms with van der Waals surface area (Å²) in [5, 5.41) is 10.9. The minimum absolute atomic E-state index is 0.200. The Labute approximate surface area is 54.2 Å². The van der Waals surface area contributed by atoms with Gasteiger partial charge in [-0.05, 0) is 6.92 Å². The van der Waals surface area contributed by atoms with Crippen molar-refractivity contribution < 1.29 is 9.80 Å². The first-order valence-electron chi connectivity index (χ1n) is 3.05. The second kappa shape index (κ2) is 2.22. The Morgan fingerprint density at radius 3 is 2.78 bits per heavy atom. The highest BCUT2D eigenvalue weighted by Gasteiger charge is 2.26. The van der Waals surface area contributed by atoms with Crippen molar-refractivity contribution in [2.45, 2.75) is 12.6 Å². The Hall–Kier alpha value is -0.160. The summed E-state index contributed by atoms with van der Waals surface area (Å²) in [5.74, 6) is 0. The Morgan fingerprint density at radius 1 is 1.78 bits per heavy atom. The average Bonchev–Trinajstić information content (AvgIpc) is 1.60. The first kappa shape index (κ1) is 6.95. The lowest BCUT2D eigenvalue weighted by molar-refractivity contribution is -0.866. The van der Waals surface area contributed by atoms with Crippen LogP contribution in [0.15, 0.2) is 0 Å². The van der Waals surface area contributed by atoms with E-state index in [1.165, 1.54) is 0 Å². The van der Waals surface area contributed by atoms with E-state index < -0.39 is 5.72 Å². The maximum absolute atomic E-state index is 10.7. The molecule has 0 bridgehead atoms. The van der Waals surface area contributed by atoms with E-state index in [9.17, 15) is 5.21 Å². The number of nitrogens with two attached hydrogens (primary N) is 1. The molecular weight excluding hydrogens is 120 g/mol. The van der Waals surface area contributed by atoms with Gasteiger partial charge in [-0.15, -0.1) is 0 Å². The lowest BCUT2D eigenvalue weighted by Gasteiger charge is -2.36. The number of hydroxylamine groups is 2. The van der Waals surface area contributed by atoms with Gasteiger partial charge in [0.15, 0.2) is 5.72 Å². The van der Waals surface area contributed by atoms with E-state index in [4.69, 9.17) is 10.5 Å². The molecule has 1 fully saturated rings. The summed E-state index contributed by atoms with van der Waals surface area (Å²) in [4.78, 5) is 0. The van der Waals surface area contributed by atoms with E-state index in [1.807, 2.05) is 0 Å². The summed E-state index contributed by atoms with van der Waals surface area (Å²) in [5.41, 5.74) is 4.83. The molecule has 0 aromatic rings. The number of ether oxygens (including phenoxy) is 1. The van der Waals surface area contributed by atoms with E-state index in [1.54, 1.807) is 6.92 Å². The van der Waals surface area contributed by atoms with Crippen molar-refractivity contribution in [3.8, 4) is 0 Å². The molecule has 2 unspecified atom stereocenters. The minimum Gasteiger partial charge on any atom is -0.634 e. The Balaban J connectivity index is 2.41. The second-order valence-electron chi connectivity index (χ2n) is 2.63. The molecule has 54 valence electrons. The topological polar surface area (TPSA) is 62.8 Å². The summed E-state index contributed by atoms with van der Waals surface area (Å²) in [6, 6.07) is 0. The third kappa shape index (κ3) is 1.91. The smallest absolute Gasteiger partial charge is 0.163 e. The quantitative estimate of drug-likeness (QED) is 0.377. The molecule has 1 saturated heterocycles. The molecule has 0 spiro atoms. The number of hydrogen-bond acceptors (Lipinski definition) is 3. The zero-order valence-electron chi connectivity index (χ0n) is 5.52. The maximum atomic E-state index is 10.7. The third-order valence-corrected chi connectivity index (χ3v) is 1.36. The molecule has 0 aromatic carbocycles. The molecule has 2 atom stereocenters. The van der Waals surface area contributed by atoms with Gasteiger partial charge in [0.2, 0.25) is 0 Å². The molecule has 1 rings (SSSR count). The second-order valence-corrected chi connectivity index (χ2v) is 2.63. The summed E-state index contributed by atoms with van der Waals surface area (Å²) in [7, 11) is 0. The van der Waals surface area contributed by atoms with Crippen molar-refractivity contribution in [1.82, 2.24) is 0 Å². The molecule has 9 heavy (non-hydrogen) atoms. The largest absolute Gasteiger partial charge is 0.634 e. The van der Waals surface area contributed by atoms with E-state index >= 15 is 0 Å². The summed E-state index contributed by atoms with van der Waals surface area (Å²) < 4.78 is 5.09. The summed E-state index contributed by atoms with van der Waals surface area (Å²) >= 11 is 0. The normalized spacial score (nSPS) is 45.0. The molecule has 4 heteroatoms. The fraction of sp³-hybridized carbons (Fsp3) is 1.00. The molecule has 0 saturated carbocycles. The van der Waals surface area contributed by atoms with E-state index in [0.29, 0.717) is 19.7 Å². The van der Waals surface area contributed by atoms with Gasteiger partial charge in [-0.1, -0.05) is 0 Å². The van der Waals surface area contributed by atoms with E-state index in [0.717, 1.165) is 0 Å². The number of hydrogen-bond donors (Lipinski definition) is 2. The van der Waals surface area contributed by atoms with Gasteiger partial charge in [-0.3, -0.25) is 5.73 Å². The zero-order valence-corrected chi connectivity index (χ0v) is 5.52. The van der Waals surface area contributed by atoms with Crippen LogP contribution in [0.2, 0.25) is 0 Å². The van der Waals surface area contributed by atoms with Gasteiger partial charge in [0, 0.05) is 0 Å². The number of rotatable bonds is 0. The maximum Gasteiger partial charge on any atom is 0.163 e. The molecule has 1 aliphatic heterocycles. The zero-order chi connectivity index (χ0) is 6.91. The van der Waals surface area contributed by atoms with Gasteiger partial charge < -0.3 is 15.0 Å². The van der Waals surface area contributed by atoms with Crippen LogP contribution in [-0.4, -0.2) is 25.4 Å². The van der Waals surface area contributed by atoms with Crippen LogP contribution in [0.5, 0.6) is 0 Å². The lowest BCUT2D eigenvalue weighted by atomic mass is 10.2. The molecule has 0 aromatic heterocycles. The van der Waals surface area contributed by atoms with Crippen LogP contribution in [0.3, 0.4) is 0 Å². The SMILES string of the molecule is CC1(N)C[NH+]([O-])CCO1. The molecule has 0 amide bonds. The minimum atomic E-state index is -0.699. The van der Waals surface area contributed by atoms with Crippen molar-refractivity contribution in [2.75, 3.05) is 19.7 Å². The summed E-state index contributed by atoms with van der Waals surface area (Å²) in [6.07, 6.45) is 0. The highest BCUT2D eigenvalue weighted by atomic mass is 16.6. The van der Waals surface area contributed by atoms with Crippen LogP contribution in [0.25, 0.3) is 0 Å². The van der Waals surface area contributed by atoms with Crippen molar-refractivity contribution in [3.05, 3.63) is 5.21 Å². The third-order valence-electron chi connectivity index (χ3n) is 1.36. The van der Waals surface area contributed by atoms with Crippen LogP contribution < -0.4 is 10.8 Å². The lowest BCUT2D eigenvalue weighted by Crippen LogP contribution is -3.12. The fourth-order valence-electron chi connectivity index (χ4n) is 0.929. The van der Waals surface area contributed by atoms with Gasteiger partial charge in [0.25, 0.3) is 0 Å². The Morgan fingerprint density at radius 2 is 2.44 bits per heavy atom. The molecule has 3 N–H and O–H groups in total. The van der Waals surface area contributed by atoms with Gasteiger partial charge in [0.1, 0.15) is 13.1 Å². The van der Waals surface area contributed by atoms with Crippen molar-refractivity contribution in [3.63, 3.8) is 0 Å². The van der Waals surface area contributed by atoms with Crippen LogP contribution in [-0.2, 0) is 4.74 Å².